The highest BCUT2D eigenvalue weighted by Crippen LogP contribution is 2.26. The number of hydrogen-bond acceptors (Lipinski definition) is 3. The maximum Gasteiger partial charge on any atom is 0.241 e. The summed E-state index contributed by atoms with van der Waals surface area (Å²) >= 11 is 0. The van der Waals surface area contributed by atoms with Gasteiger partial charge in [-0.2, -0.15) is 4.31 Å². The Morgan fingerprint density at radius 1 is 1.09 bits per heavy atom. The smallest absolute Gasteiger partial charge is 0.241 e. The van der Waals surface area contributed by atoms with Crippen molar-refractivity contribution in [2.75, 3.05) is 18.8 Å². The minimum Gasteiger partial charge on any atom is -0.339 e. The Morgan fingerprint density at radius 3 is 2.59 bits per heavy atom. The van der Waals surface area contributed by atoms with Gasteiger partial charge >= 0.3 is 0 Å². The van der Waals surface area contributed by atoms with E-state index in [1.165, 1.54) is 4.31 Å². The second-order valence-corrected chi connectivity index (χ2v) is 8.71. The van der Waals surface area contributed by atoms with Gasteiger partial charge in [0.1, 0.15) is 6.04 Å². The van der Waals surface area contributed by atoms with Crippen LogP contribution in [0.25, 0.3) is 0 Å². The van der Waals surface area contributed by atoms with E-state index in [0.29, 0.717) is 19.4 Å². The molecule has 2 unspecified atom stereocenters. The summed E-state index contributed by atoms with van der Waals surface area (Å²) in [7, 11) is -3.30. The van der Waals surface area contributed by atoms with E-state index >= 15 is 0 Å². The van der Waals surface area contributed by atoms with E-state index in [-0.39, 0.29) is 17.7 Å². The number of carbonyl (C=O) groups is 1. The molecule has 0 saturated carbocycles. The standard InChI is InChI=1S/C16H30N2O3S/c1-3-4-13-22(20,21)18-12-8-10-15(18)16(19)17-11-7-5-6-9-14(17)2/h14-15H,3-13H2,1-2H3. The van der Waals surface area contributed by atoms with E-state index in [1.54, 1.807) is 0 Å². The third-order valence-corrected chi connectivity index (χ3v) is 6.89. The fourth-order valence-electron chi connectivity index (χ4n) is 3.56. The zero-order valence-electron chi connectivity index (χ0n) is 14.0. The quantitative estimate of drug-likeness (QED) is 0.777. The first-order valence-electron chi connectivity index (χ1n) is 8.77. The van der Waals surface area contributed by atoms with Crippen molar-refractivity contribution in [2.24, 2.45) is 0 Å². The van der Waals surface area contributed by atoms with Gasteiger partial charge in [0.05, 0.1) is 5.75 Å². The topological polar surface area (TPSA) is 57.7 Å². The molecule has 22 heavy (non-hydrogen) atoms. The molecule has 2 rings (SSSR count). The van der Waals surface area contributed by atoms with Crippen LogP contribution in [-0.2, 0) is 14.8 Å². The first kappa shape index (κ1) is 17.7. The summed E-state index contributed by atoms with van der Waals surface area (Å²) in [6.07, 6.45) is 7.38. The van der Waals surface area contributed by atoms with Crippen molar-refractivity contribution >= 4 is 15.9 Å². The third-order valence-electron chi connectivity index (χ3n) is 4.94. The van der Waals surface area contributed by atoms with Crippen LogP contribution in [0.2, 0.25) is 0 Å². The van der Waals surface area contributed by atoms with Gasteiger partial charge in [-0.1, -0.05) is 26.2 Å². The number of rotatable bonds is 5. The second-order valence-electron chi connectivity index (χ2n) is 6.67. The van der Waals surface area contributed by atoms with Crippen LogP contribution < -0.4 is 0 Å². The number of unbranched alkanes of at least 4 members (excludes halogenated alkanes) is 1. The monoisotopic (exact) mass is 330 g/mol. The molecule has 0 N–H and O–H groups in total. The van der Waals surface area contributed by atoms with E-state index < -0.39 is 16.1 Å². The molecular weight excluding hydrogens is 300 g/mol. The maximum absolute atomic E-state index is 12.9. The molecule has 2 fully saturated rings. The normalized spacial score (nSPS) is 27.8. The van der Waals surface area contributed by atoms with Crippen LogP contribution in [0, 0.1) is 0 Å². The van der Waals surface area contributed by atoms with Crippen molar-refractivity contribution in [1.82, 2.24) is 9.21 Å². The summed E-state index contributed by atoms with van der Waals surface area (Å²) in [4.78, 5) is 14.9. The van der Waals surface area contributed by atoms with Crippen molar-refractivity contribution < 1.29 is 13.2 Å². The zero-order chi connectivity index (χ0) is 16.2. The van der Waals surface area contributed by atoms with Gasteiger partial charge < -0.3 is 4.90 Å². The largest absolute Gasteiger partial charge is 0.339 e. The molecule has 0 spiro atoms. The molecule has 0 aromatic carbocycles. The molecule has 0 radical (unpaired) electrons. The predicted octanol–water partition coefficient (Wildman–Crippen LogP) is 2.37. The van der Waals surface area contributed by atoms with Crippen LogP contribution in [-0.4, -0.2) is 54.5 Å². The molecule has 0 aromatic heterocycles. The number of amides is 1. The maximum atomic E-state index is 12.9. The Bertz CT molecular complexity index is 478. The van der Waals surface area contributed by atoms with Gasteiger partial charge in [-0.3, -0.25) is 4.79 Å². The Balaban J connectivity index is 2.10. The lowest BCUT2D eigenvalue weighted by Crippen LogP contribution is -2.50. The highest BCUT2D eigenvalue weighted by Gasteiger charge is 2.40. The number of nitrogens with zero attached hydrogens (tertiary/aromatic N) is 2. The molecule has 6 heteroatoms. The fraction of sp³-hybridized carbons (Fsp3) is 0.938. The molecule has 128 valence electrons. The van der Waals surface area contributed by atoms with E-state index in [0.717, 1.165) is 45.1 Å². The van der Waals surface area contributed by atoms with E-state index in [4.69, 9.17) is 0 Å². The van der Waals surface area contributed by atoms with Crippen LogP contribution in [0.3, 0.4) is 0 Å². The van der Waals surface area contributed by atoms with Crippen LogP contribution in [0.15, 0.2) is 0 Å². The first-order chi connectivity index (χ1) is 10.5. The summed E-state index contributed by atoms with van der Waals surface area (Å²) in [5, 5.41) is 0. The summed E-state index contributed by atoms with van der Waals surface area (Å²) < 4.78 is 26.5. The Kier molecular flexibility index (Phi) is 6.26. The average Bonchev–Trinajstić information content (AvgIpc) is 2.89. The van der Waals surface area contributed by atoms with Crippen LogP contribution in [0.5, 0.6) is 0 Å². The molecule has 2 atom stereocenters. The second kappa shape index (κ2) is 7.77. The van der Waals surface area contributed by atoms with E-state index in [9.17, 15) is 13.2 Å². The van der Waals surface area contributed by atoms with E-state index in [1.807, 2.05) is 11.8 Å². The number of carbonyl (C=O) groups excluding carboxylic acids is 1. The minimum absolute atomic E-state index is 0.0342. The molecule has 1 amide bonds. The summed E-state index contributed by atoms with van der Waals surface area (Å²) in [5.74, 6) is 0.204. The van der Waals surface area contributed by atoms with Crippen LogP contribution >= 0.6 is 0 Å². The van der Waals surface area contributed by atoms with Crippen molar-refractivity contribution in [2.45, 2.75) is 77.3 Å². The minimum atomic E-state index is -3.30. The molecule has 2 aliphatic heterocycles. The van der Waals surface area contributed by atoms with Gasteiger partial charge in [-0.05, 0) is 39.0 Å². The average molecular weight is 330 g/mol. The lowest BCUT2D eigenvalue weighted by atomic mass is 10.1. The van der Waals surface area contributed by atoms with Gasteiger partial charge in [0, 0.05) is 19.1 Å². The first-order valence-corrected chi connectivity index (χ1v) is 10.4. The molecule has 5 nitrogen and oxygen atoms in total. The van der Waals surface area contributed by atoms with Gasteiger partial charge in [0.25, 0.3) is 0 Å². The van der Waals surface area contributed by atoms with Gasteiger partial charge in [-0.15, -0.1) is 0 Å². The summed E-state index contributed by atoms with van der Waals surface area (Å²) in [5.41, 5.74) is 0. The number of hydrogen-bond donors (Lipinski definition) is 0. The van der Waals surface area contributed by atoms with Crippen molar-refractivity contribution in [3.63, 3.8) is 0 Å². The Hall–Kier alpha value is -0.620. The molecule has 2 saturated heterocycles. The van der Waals surface area contributed by atoms with Gasteiger partial charge in [-0.25, -0.2) is 8.42 Å². The van der Waals surface area contributed by atoms with Crippen molar-refractivity contribution in [1.29, 1.82) is 0 Å². The zero-order valence-corrected chi connectivity index (χ0v) is 14.8. The lowest BCUT2D eigenvalue weighted by Gasteiger charge is -2.32. The highest BCUT2D eigenvalue weighted by atomic mass is 32.2. The highest BCUT2D eigenvalue weighted by molar-refractivity contribution is 7.89. The molecular formula is C16H30N2O3S. The van der Waals surface area contributed by atoms with Crippen LogP contribution in [0.4, 0.5) is 0 Å². The summed E-state index contributed by atoms with van der Waals surface area (Å²) in [6.45, 7) is 5.36. The van der Waals surface area contributed by atoms with Crippen molar-refractivity contribution in [3.8, 4) is 0 Å². The lowest BCUT2D eigenvalue weighted by molar-refractivity contribution is -0.136. The predicted molar refractivity (Wildman–Crippen MR) is 88.1 cm³/mol. The molecule has 0 bridgehead atoms. The Labute approximate surface area is 135 Å². The summed E-state index contributed by atoms with van der Waals surface area (Å²) in [6, 6.07) is -0.224. The van der Waals surface area contributed by atoms with E-state index in [2.05, 4.69) is 6.92 Å². The third kappa shape index (κ3) is 4.02. The van der Waals surface area contributed by atoms with Crippen LogP contribution in [0.1, 0.15) is 65.2 Å². The SMILES string of the molecule is CCCCS(=O)(=O)N1CCCC1C(=O)N1CCCCCC1C. The van der Waals surface area contributed by atoms with Gasteiger partial charge in [0.15, 0.2) is 0 Å². The molecule has 0 aliphatic carbocycles. The van der Waals surface area contributed by atoms with Crippen molar-refractivity contribution in [3.05, 3.63) is 0 Å². The fourth-order valence-corrected chi connectivity index (χ4v) is 5.44. The number of likely N-dealkylation sites (tertiary alicyclic amines) is 1. The molecule has 2 aliphatic rings. The molecule has 0 aromatic rings. The molecule has 2 heterocycles. The number of sulfonamides is 1. The van der Waals surface area contributed by atoms with Gasteiger partial charge in [0.2, 0.25) is 15.9 Å². The Morgan fingerprint density at radius 2 is 1.86 bits per heavy atom.